The molecule has 0 bridgehead atoms. The van der Waals surface area contributed by atoms with Gasteiger partial charge in [-0.3, -0.25) is 14.6 Å². The smallest absolute Gasteiger partial charge is 0.253 e. The van der Waals surface area contributed by atoms with E-state index in [1.54, 1.807) is 6.20 Å². The van der Waals surface area contributed by atoms with Crippen molar-refractivity contribution in [3.05, 3.63) is 86.6 Å². The van der Waals surface area contributed by atoms with Crippen LogP contribution in [0, 0.1) is 44.4 Å². The summed E-state index contributed by atoms with van der Waals surface area (Å²) in [5, 5.41) is 3.05. The van der Waals surface area contributed by atoms with Crippen LogP contribution in [0.5, 0.6) is 0 Å². The number of carbonyl (C=O) groups excluding carboxylic acids is 1. The minimum Gasteiger partial charge on any atom is -0.348 e. The highest BCUT2D eigenvalue weighted by Crippen LogP contribution is 2.58. The molecule has 2 N–H and O–H groups in total. The zero-order valence-electron chi connectivity index (χ0n) is 25.6. The lowest BCUT2D eigenvalue weighted by molar-refractivity contribution is 0.0950. The van der Waals surface area contributed by atoms with Crippen LogP contribution in [-0.2, 0) is 13.0 Å². The number of nitrogens with one attached hydrogen (secondary N) is 2. The predicted molar refractivity (Wildman–Crippen MR) is 166 cm³/mol. The number of carbonyl (C=O) groups is 1. The van der Waals surface area contributed by atoms with Gasteiger partial charge < -0.3 is 15.2 Å². The van der Waals surface area contributed by atoms with E-state index in [1.165, 1.54) is 37.7 Å². The van der Waals surface area contributed by atoms with Crippen LogP contribution in [0.4, 0.5) is 0 Å². The SMILES string of the molecule is CCC1C(Cc2cc(-c3cccnc3)cc(C(=O)NCc3c(C)cc(C)[nH]c3=O)c2C)C1C1CCC(N(C)C)CC1. The van der Waals surface area contributed by atoms with Crippen molar-refractivity contribution in [2.75, 3.05) is 14.1 Å². The molecule has 2 fully saturated rings. The maximum Gasteiger partial charge on any atom is 0.253 e. The van der Waals surface area contributed by atoms with E-state index in [0.717, 1.165) is 58.2 Å². The van der Waals surface area contributed by atoms with Crippen molar-refractivity contribution in [1.82, 2.24) is 20.2 Å². The van der Waals surface area contributed by atoms with Crippen LogP contribution >= 0.6 is 0 Å². The Labute approximate surface area is 245 Å². The molecule has 3 aromatic rings. The molecule has 41 heavy (non-hydrogen) atoms. The molecule has 2 aliphatic rings. The number of aromatic amines is 1. The Hall–Kier alpha value is -3.25. The summed E-state index contributed by atoms with van der Waals surface area (Å²) in [4.78, 5) is 35.8. The maximum absolute atomic E-state index is 13.6. The number of rotatable bonds is 9. The van der Waals surface area contributed by atoms with Crippen molar-refractivity contribution in [1.29, 1.82) is 0 Å². The van der Waals surface area contributed by atoms with Gasteiger partial charge in [-0.2, -0.15) is 0 Å². The molecule has 2 aliphatic carbocycles. The van der Waals surface area contributed by atoms with Crippen molar-refractivity contribution in [3.63, 3.8) is 0 Å². The first kappa shape index (κ1) is 29.2. The van der Waals surface area contributed by atoms with E-state index >= 15 is 0 Å². The molecule has 218 valence electrons. The normalized spacial score (nSPS) is 23.9. The van der Waals surface area contributed by atoms with Crippen molar-refractivity contribution >= 4 is 5.91 Å². The molecule has 0 aliphatic heterocycles. The van der Waals surface area contributed by atoms with Crippen LogP contribution in [-0.4, -0.2) is 40.9 Å². The van der Waals surface area contributed by atoms with Crippen molar-refractivity contribution in [2.45, 2.75) is 78.8 Å². The molecule has 3 atom stereocenters. The van der Waals surface area contributed by atoms with Gasteiger partial charge in [0, 0.05) is 47.4 Å². The Morgan fingerprint density at radius 1 is 1.05 bits per heavy atom. The van der Waals surface area contributed by atoms with Crippen LogP contribution in [0.25, 0.3) is 11.1 Å². The molecule has 6 nitrogen and oxygen atoms in total. The number of hydrogen-bond acceptors (Lipinski definition) is 4. The fourth-order valence-electron chi connectivity index (χ4n) is 7.58. The van der Waals surface area contributed by atoms with E-state index in [2.05, 4.69) is 60.3 Å². The number of H-pyrrole nitrogens is 1. The summed E-state index contributed by atoms with van der Waals surface area (Å²) in [6.45, 7) is 8.41. The van der Waals surface area contributed by atoms with Gasteiger partial charge in [-0.1, -0.05) is 25.5 Å². The standard InChI is InChI=1S/C35H46N4O2/c1-7-29-31(33(29)24-10-12-28(13-11-24)39(5)6)17-26-16-27(25-9-8-14-36-19-25)18-30(23(26)4)34(40)37-20-32-21(2)15-22(3)38-35(32)41/h8-9,14-16,18-19,24,28-29,31,33H,7,10-13,17,20H2,1-6H3,(H,37,40)(H,38,41). The lowest BCUT2D eigenvalue weighted by Gasteiger charge is -2.33. The monoisotopic (exact) mass is 554 g/mol. The third-order valence-electron chi connectivity index (χ3n) is 10.0. The van der Waals surface area contributed by atoms with Crippen molar-refractivity contribution in [3.8, 4) is 11.1 Å². The van der Waals surface area contributed by atoms with Gasteiger partial charge in [0.1, 0.15) is 0 Å². The molecule has 0 radical (unpaired) electrons. The Kier molecular flexibility index (Phi) is 8.79. The fraction of sp³-hybridized carbons (Fsp3) is 0.514. The van der Waals surface area contributed by atoms with Crippen LogP contribution in [0.15, 0.2) is 47.5 Å². The minimum absolute atomic E-state index is 0.143. The zero-order valence-corrected chi connectivity index (χ0v) is 25.6. The maximum atomic E-state index is 13.6. The number of amides is 1. The van der Waals surface area contributed by atoms with Gasteiger partial charge in [0.25, 0.3) is 11.5 Å². The minimum atomic E-state index is -0.144. The second kappa shape index (κ2) is 12.3. The first-order valence-corrected chi connectivity index (χ1v) is 15.4. The fourth-order valence-corrected chi connectivity index (χ4v) is 7.58. The predicted octanol–water partition coefficient (Wildman–Crippen LogP) is 6.23. The number of nitrogens with zero attached hydrogens (tertiary/aromatic N) is 2. The second-order valence-corrected chi connectivity index (χ2v) is 12.7. The summed E-state index contributed by atoms with van der Waals surface area (Å²) in [6, 6.07) is 10.9. The molecule has 0 saturated heterocycles. The Morgan fingerprint density at radius 3 is 2.44 bits per heavy atom. The Morgan fingerprint density at radius 2 is 1.80 bits per heavy atom. The topological polar surface area (TPSA) is 78.1 Å². The number of aromatic nitrogens is 2. The molecule has 3 unspecified atom stereocenters. The van der Waals surface area contributed by atoms with E-state index in [1.807, 2.05) is 38.2 Å². The molecule has 0 spiro atoms. The largest absolute Gasteiger partial charge is 0.348 e. The van der Waals surface area contributed by atoms with Crippen molar-refractivity contribution in [2.24, 2.45) is 23.7 Å². The van der Waals surface area contributed by atoms with Gasteiger partial charge >= 0.3 is 0 Å². The summed E-state index contributed by atoms with van der Waals surface area (Å²) in [7, 11) is 4.43. The molecular weight excluding hydrogens is 508 g/mol. The van der Waals surface area contributed by atoms with E-state index in [4.69, 9.17) is 0 Å². The summed E-state index contributed by atoms with van der Waals surface area (Å²) in [6.07, 6.45) is 11.2. The zero-order chi connectivity index (χ0) is 29.3. The summed E-state index contributed by atoms with van der Waals surface area (Å²) >= 11 is 0. The second-order valence-electron chi connectivity index (χ2n) is 12.7. The molecular formula is C35H46N4O2. The van der Waals surface area contributed by atoms with E-state index in [0.29, 0.717) is 17.0 Å². The highest BCUT2D eigenvalue weighted by atomic mass is 16.1. The van der Waals surface area contributed by atoms with Crippen LogP contribution < -0.4 is 10.9 Å². The van der Waals surface area contributed by atoms with Gasteiger partial charge in [0.2, 0.25) is 0 Å². The first-order valence-electron chi connectivity index (χ1n) is 15.4. The molecule has 1 amide bonds. The summed E-state index contributed by atoms with van der Waals surface area (Å²) < 4.78 is 0. The van der Waals surface area contributed by atoms with Crippen molar-refractivity contribution < 1.29 is 4.79 Å². The highest BCUT2D eigenvalue weighted by molar-refractivity contribution is 5.97. The number of hydrogen-bond donors (Lipinski definition) is 2. The van der Waals surface area contributed by atoms with Gasteiger partial charge in [0.05, 0.1) is 0 Å². The van der Waals surface area contributed by atoms with Gasteiger partial charge in [-0.15, -0.1) is 0 Å². The lowest BCUT2D eigenvalue weighted by atomic mass is 9.81. The van der Waals surface area contributed by atoms with Crippen LogP contribution in [0.3, 0.4) is 0 Å². The van der Waals surface area contributed by atoms with Gasteiger partial charge in [0.15, 0.2) is 0 Å². The lowest BCUT2D eigenvalue weighted by Crippen LogP contribution is -2.32. The number of aryl methyl sites for hydroxylation is 2. The number of pyridine rings is 2. The van der Waals surface area contributed by atoms with Gasteiger partial charge in [-0.25, -0.2) is 0 Å². The van der Waals surface area contributed by atoms with Crippen LogP contribution in [0.2, 0.25) is 0 Å². The molecule has 1 aromatic carbocycles. The molecule has 5 rings (SSSR count). The van der Waals surface area contributed by atoms with E-state index in [-0.39, 0.29) is 18.0 Å². The number of benzene rings is 1. The molecule has 2 aromatic heterocycles. The third-order valence-corrected chi connectivity index (χ3v) is 10.0. The average molecular weight is 555 g/mol. The Bertz CT molecular complexity index is 1440. The van der Waals surface area contributed by atoms with E-state index in [9.17, 15) is 9.59 Å². The van der Waals surface area contributed by atoms with E-state index < -0.39 is 0 Å². The summed E-state index contributed by atoms with van der Waals surface area (Å²) in [5.74, 6) is 2.91. The quantitative estimate of drug-likeness (QED) is 0.329. The average Bonchev–Trinajstić information content (AvgIpc) is 3.66. The first-order chi connectivity index (χ1) is 19.7. The highest BCUT2D eigenvalue weighted by Gasteiger charge is 2.52. The molecule has 2 heterocycles. The van der Waals surface area contributed by atoms with Crippen LogP contribution in [0.1, 0.15) is 77.3 Å². The third kappa shape index (κ3) is 6.33. The van der Waals surface area contributed by atoms with Gasteiger partial charge in [-0.05, 0) is 131 Å². The summed E-state index contributed by atoms with van der Waals surface area (Å²) in [5.41, 5.74) is 7.17. The molecule has 6 heteroatoms. The molecule has 2 saturated carbocycles. The Balaban J connectivity index is 1.39.